The molecular weight excluding hydrogens is 502 g/mol. The average molecular weight is 552 g/mol. The van der Waals surface area contributed by atoms with E-state index in [0.717, 1.165) is 29.7 Å². The highest BCUT2D eigenvalue weighted by Crippen LogP contribution is 2.33. The topological polar surface area (TPSA) is 85.7 Å². The minimum atomic E-state index is -0.550. The Hall–Kier alpha value is -2.57. The quantitative estimate of drug-likeness (QED) is 0.0710. The second-order valence-electron chi connectivity index (χ2n) is 10.8. The number of methoxy groups -OCH3 is 1. The fraction of sp³-hybridized carbons (Fsp3) is 0.636. The van der Waals surface area contributed by atoms with Crippen molar-refractivity contribution < 1.29 is 18.9 Å². The van der Waals surface area contributed by atoms with Crippen LogP contribution in [0.15, 0.2) is 59.7 Å². The molecule has 0 amide bonds. The van der Waals surface area contributed by atoms with Gasteiger partial charge in [0.1, 0.15) is 5.75 Å². The standard InChI is InChI=1S/C33H49N3O4/c1-3-4-5-6-7-8-9-10-11-12-13-17-20-31(38-25-27-18-15-14-16-19-27)32-30(35-36-34)26-39-33(40-32)28-21-23-29(37-2)24-22-28/h14-16,18-19,21-24,30-33H,3-13,17,20,25-26H2,1-2H3/t30-,31+,32-,33?/m0/s1. The van der Waals surface area contributed by atoms with Crippen molar-refractivity contribution in [1.82, 2.24) is 0 Å². The fourth-order valence-corrected chi connectivity index (χ4v) is 5.30. The van der Waals surface area contributed by atoms with E-state index < -0.39 is 18.4 Å². The summed E-state index contributed by atoms with van der Waals surface area (Å²) >= 11 is 0. The van der Waals surface area contributed by atoms with E-state index in [1.165, 1.54) is 70.6 Å². The van der Waals surface area contributed by atoms with E-state index in [2.05, 4.69) is 29.1 Å². The van der Waals surface area contributed by atoms with Gasteiger partial charge in [0.25, 0.3) is 0 Å². The highest BCUT2D eigenvalue weighted by atomic mass is 16.7. The molecule has 0 aliphatic carbocycles. The second kappa shape index (κ2) is 19.5. The Kier molecular flexibility index (Phi) is 15.6. The van der Waals surface area contributed by atoms with E-state index >= 15 is 0 Å². The van der Waals surface area contributed by atoms with Crippen LogP contribution in [0.3, 0.4) is 0 Å². The SMILES string of the molecule is CCCCCCCCCCCCCC[C@@H](OCc1ccccc1)[C@H]1OC(c2ccc(OC)cc2)OC[C@@H]1N=[N+]=[N-]. The third kappa shape index (κ3) is 11.5. The van der Waals surface area contributed by atoms with Gasteiger partial charge in [-0.1, -0.05) is 132 Å². The summed E-state index contributed by atoms with van der Waals surface area (Å²) in [5, 5.41) is 4.04. The van der Waals surface area contributed by atoms with Crippen LogP contribution in [0.4, 0.5) is 0 Å². The number of hydrogen-bond donors (Lipinski definition) is 0. The van der Waals surface area contributed by atoms with Crippen molar-refractivity contribution >= 4 is 0 Å². The molecule has 1 unspecified atom stereocenters. The Bertz CT molecular complexity index is 965. The Morgan fingerprint density at radius 2 is 1.50 bits per heavy atom. The van der Waals surface area contributed by atoms with Crippen molar-refractivity contribution in [2.75, 3.05) is 13.7 Å². The minimum Gasteiger partial charge on any atom is -0.497 e. The zero-order valence-electron chi connectivity index (χ0n) is 24.6. The average Bonchev–Trinajstić information content (AvgIpc) is 3.00. The molecule has 0 aromatic heterocycles. The third-order valence-corrected chi connectivity index (χ3v) is 7.68. The Balaban J connectivity index is 1.54. The lowest BCUT2D eigenvalue weighted by atomic mass is 9.98. The lowest BCUT2D eigenvalue weighted by Gasteiger charge is -2.39. The molecule has 1 aliphatic heterocycles. The molecule has 0 radical (unpaired) electrons. The van der Waals surface area contributed by atoms with Gasteiger partial charge in [0.15, 0.2) is 6.29 Å². The summed E-state index contributed by atoms with van der Waals surface area (Å²) in [5.41, 5.74) is 11.3. The number of unbranched alkanes of at least 4 members (excludes halogenated alkanes) is 11. The zero-order valence-corrected chi connectivity index (χ0v) is 24.6. The van der Waals surface area contributed by atoms with Crippen molar-refractivity contribution in [2.24, 2.45) is 5.11 Å². The molecule has 0 bridgehead atoms. The molecule has 2 aromatic rings. The number of nitrogens with zero attached hydrogens (tertiary/aromatic N) is 3. The molecule has 1 heterocycles. The van der Waals surface area contributed by atoms with Crippen molar-refractivity contribution in [2.45, 2.75) is 122 Å². The molecule has 1 fully saturated rings. The van der Waals surface area contributed by atoms with E-state index in [0.29, 0.717) is 6.61 Å². The van der Waals surface area contributed by atoms with Crippen LogP contribution in [0.25, 0.3) is 10.4 Å². The molecule has 220 valence electrons. The van der Waals surface area contributed by atoms with Gasteiger partial charge in [-0.2, -0.15) is 0 Å². The van der Waals surface area contributed by atoms with Crippen LogP contribution in [0.1, 0.15) is 108 Å². The molecule has 3 rings (SSSR count). The zero-order chi connectivity index (χ0) is 28.3. The lowest BCUT2D eigenvalue weighted by molar-refractivity contribution is -0.252. The van der Waals surface area contributed by atoms with Crippen LogP contribution < -0.4 is 4.74 Å². The predicted molar refractivity (Wildman–Crippen MR) is 160 cm³/mol. The minimum absolute atomic E-state index is 0.205. The summed E-state index contributed by atoms with van der Waals surface area (Å²) in [4.78, 5) is 3.09. The first-order valence-corrected chi connectivity index (χ1v) is 15.4. The maximum Gasteiger partial charge on any atom is 0.184 e. The van der Waals surface area contributed by atoms with Crippen LogP contribution in [0, 0.1) is 0 Å². The highest BCUT2D eigenvalue weighted by molar-refractivity contribution is 5.28. The van der Waals surface area contributed by atoms with Crippen LogP contribution in [-0.2, 0) is 20.8 Å². The maximum atomic E-state index is 9.25. The number of benzene rings is 2. The van der Waals surface area contributed by atoms with E-state index in [-0.39, 0.29) is 12.7 Å². The van der Waals surface area contributed by atoms with Crippen LogP contribution >= 0.6 is 0 Å². The van der Waals surface area contributed by atoms with Gasteiger partial charge < -0.3 is 18.9 Å². The summed E-state index contributed by atoms with van der Waals surface area (Å²) in [6.45, 7) is 3.04. The summed E-state index contributed by atoms with van der Waals surface area (Å²) in [6.07, 6.45) is 15.4. The van der Waals surface area contributed by atoms with E-state index in [9.17, 15) is 5.53 Å². The molecule has 1 saturated heterocycles. The fourth-order valence-electron chi connectivity index (χ4n) is 5.30. The van der Waals surface area contributed by atoms with E-state index in [1.54, 1.807) is 7.11 Å². The monoisotopic (exact) mass is 551 g/mol. The molecule has 7 nitrogen and oxygen atoms in total. The molecule has 4 atom stereocenters. The van der Waals surface area contributed by atoms with Crippen LogP contribution in [-0.4, -0.2) is 32.0 Å². The Labute approximate surface area is 241 Å². The van der Waals surface area contributed by atoms with Gasteiger partial charge in [-0.25, -0.2) is 0 Å². The van der Waals surface area contributed by atoms with Crippen molar-refractivity contribution in [1.29, 1.82) is 0 Å². The van der Waals surface area contributed by atoms with Gasteiger partial charge in [0.2, 0.25) is 0 Å². The smallest absolute Gasteiger partial charge is 0.184 e. The van der Waals surface area contributed by atoms with Gasteiger partial charge in [0, 0.05) is 10.5 Å². The first-order chi connectivity index (χ1) is 19.7. The lowest BCUT2D eigenvalue weighted by Crippen LogP contribution is -2.47. The van der Waals surface area contributed by atoms with E-state index in [4.69, 9.17) is 18.9 Å². The molecule has 7 heteroatoms. The van der Waals surface area contributed by atoms with Gasteiger partial charge in [-0.05, 0) is 29.6 Å². The number of azide groups is 1. The van der Waals surface area contributed by atoms with Gasteiger partial charge in [0.05, 0.1) is 38.6 Å². The van der Waals surface area contributed by atoms with Gasteiger partial charge in [-0.15, -0.1) is 0 Å². The van der Waals surface area contributed by atoms with Crippen LogP contribution in [0.5, 0.6) is 5.75 Å². The molecule has 2 aromatic carbocycles. The molecule has 0 saturated carbocycles. The summed E-state index contributed by atoms with van der Waals surface area (Å²) < 4.78 is 24.2. The first-order valence-electron chi connectivity index (χ1n) is 15.4. The highest BCUT2D eigenvalue weighted by Gasteiger charge is 2.38. The molecule has 0 N–H and O–H groups in total. The number of hydrogen-bond acceptors (Lipinski definition) is 5. The summed E-state index contributed by atoms with van der Waals surface area (Å²) in [6, 6.07) is 17.4. The molecule has 0 spiro atoms. The maximum absolute atomic E-state index is 9.25. The van der Waals surface area contributed by atoms with Gasteiger partial charge in [-0.3, -0.25) is 0 Å². The summed E-state index contributed by atoms with van der Waals surface area (Å²) in [5.74, 6) is 0.777. The number of rotatable bonds is 20. The van der Waals surface area contributed by atoms with Crippen molar-refractivity contribution in [3.63, 3.8) is 0 Å². The van der Waals surface area contributed by atoms with Crippen LogP contribution in [0.2, 0.25) is 0 Å². The summed E-state index contributed by atoms with van der Waals surface area (Å²) in [7, 11) is 1.65. The Morgan fingerprint density at radius 1 is 0.875 bits per heavy atom. The second-order valence-corrected chi connectivity index (χ2v) is 10.8. The predicted octanol–water partition coefficient (Wildman–Crippen LogP) is 9.46. The molecule has 1 aliphatic rings. The van der Waals surface area contributed by atoms with E-state index in [1.807, 2.05) is 42.5 Å². The van der Waals surface area contributed by atoms with Crippen molar-refractivity contribution in [3.05, 3.63) is 76.2 Å². The number of ether oxygens (including phenoxy) is 4. The Morgan fingerprint density at radius 3 is 2.10 bits per heavy atom. The first kappa shape index (κ1) is 32.0. The third-order valence-electron chi connectivity index (χ3n) is 7.68. The largest absolute Gasteiger partial charge is 0.497 e. The normalized spacial score (nSPS) is 19.6. The molecule has 40 heavy (non-hydrogen) atoms. The van der Waals surface area contributed by atoms with Gasteiger partial charge >= 0.3 is 0 Å². The van der Waals surface area contributed by atoms with Crippen molar-refractivity contribution in [3.8, 4) is 5.75 Å². The molecular formula is C33H49N3O4.